The zero-order chi connectivity index (χ0) is 9.56. The second-order valence-electron chi connectivity index (χ2n) is 1.81. The Bertz CT molecular complexity index is 247. The summed E-state index contributed by atoms with van der Waals surface area (Å²) >= 11 is 0. The van der Waals surface area contributed by atoms with Gasteiger partial charge in [-0.05, 0) is 18.2 Å². The van der Waals surface area contributed by atoms with Crippen LogP contribution in [0.15, 0.2) is 24.3 Å². The predicted octanol–water partition coefficient (Wildman–Crippen LogP) is 1.04. The van der Waals surface area contributed by atoms with Crippen LogP contribution in [0.2, 0.25) is 0 Å². The van der Waals surface area contributed by atoms with Crippen molar-refractivity contribution in [1.82, 2.24) is 0 Å². The topological polar surface area (TPSA) is 83.6 Å². The van der Waals surface area contributed by atoms with Gasteiger partial charge in [0.05, 0.1) is 0 Å². The van der Waals surface area contributed by atoms with E-state index in [1.54, 1.807) is 12.1 Å². The molecule has 0 saturated heterocycles. The Kier molecular flexibility index (Phi) is 5.12. The van der Waals surface area contributed by atoms with Crippen LogP contribution >= 0.6 is 8.25 Å². The Labute approximate surface area is 69.4 Å². The van der Waals surface area contributed by atoms with Gasteiger partial charge in [-0.1, -0.05) is 6.07 Å². The molecule has 1 aromatic carbocycles. The quantitative estimate of drug-likeness (QED) is 0.423. The summed E-state index contributed by atoms with van der Waals surface area (Å²) in [5, 5.41) is 0. The van der Waals surface area contributed by atoms with E-state index in [2.05, 4.69) is 0 Å². The molecule has 0 heterocycles. The van der Waals surface area contributed by atoms with Gasteiger partial charge in [-0.15, -0.1) is 9.79 Å². The Hall–Kier alpha value is -1.03. The summed E-state index contributed by atoms with van der Waals surface area (Å²) in [6.45, 7) is 0. The molecule has 12 heavy (non-hydrogen) atoms. The van der Waals surface area contributed by atoms with Gasteiger partial charge in [0.25, 0.3) is 0 Å². The Balaban J connectivity index is 0.000000261. The molecule has 6 heteroatoms. The lowest BCUT2D eigenvalue weighted by Gasteiger charge is -1.88. The van der Waals surface area contributed by atoms with Gasteiger partial charge in [0.1, 0.15) is 5.82 Å². The average molecular weight is 192 g/mol. The molecule has 1 aromatic rings. The second kappa shape index (κ2) is 5.60. The largest absolute Gasteiger partial charge is 0.692 e. The summed E-state index contributed by atoms with van der Waals surface area (Å²) in [6.07, 6.45) is 0. The summed E-state index contributed by atoms with van der Waals surface area (Å²) in [6, 6.07) is 5.85. The number of rotatable bonds is 0. The van der Waals surface area contributed by atoms with E-state index in [0.717, 1.165) is 0 Å². The van der Waals surface area contributed by atoms with E-state index >= 15 is 0 Å². The average Bonchev–Trinajstić information content (AvgIpc) is 1.84. The van der Waals surface area contributed by atoms with Crippen molar-refractivity contribution < 1.29 is 18.7 Å². The third-order valence-corrected chi connectivity index (χ3v) is 0.849. The number of nitrogen functional groups attached to an aromatic ring is 1. The van der Waals surface area contributed by atoms with Crippen LogP contribution in [0.25, 0.3) is 0 Å². The molecule has 0 fully saturated rings. The number of anilines is 1. The summed E-state index contributed by atoms with van der Waals surface area (Å²) < 4.78 is 20.8. The lowest BCUT2D eigenvalue weighted by molar-refractivity contribution is 0.405. The van der Waals surface area contributed by atoms with E-state index < -0.39 is 8.25 Å². The molecule has 0 aliphatic heterocycles. The molecule has 0 amide bonds. The van der Waals surface area contributed by atoms with Gasteiger partial charge in [0, 0.05) is 10.3 Å². The number of nitrogens with two attached hydrogens (primary N) is 1. The van der Waals surface area contributed by atoms with Crippen LogP contribution in [-0.4, -0.2) is 9.79 Å². The van der Waals surface area contributed by atoms with E-state index in [0.29, 0.717) is 5.69 Å². The molecule has 0 bridgehead atoms. The van der Waals surface area contributed by atoms with E-state index in [9.17, 15) is 4.39 Å². The van der Waals surface area contributed by atoms with E-state index in [1.165, 1.54) is 12.1 Å². The molecule has 0 aliphatic carbocycles. The third kappa shape index (κ3) is 7.08. The van der Waals surface area contributed by atoms with Crippen LogP contribution in [0.3, 0.4) is 0 Å². The highest BCUT2D eigenvalue weighted by molar-refractivity contribution is 7.30. The van der Waals surface area contributed by atoms with Gasteiger partial charge in [-0.3, -0.25) is 0 Å². The molecule has 4 N–H and O–H groups in total. The van der Waals surface area contributed by atoms with Crippen molar-refractivity contribution >= 4 is 13.9 Å². The first-order chi connectivity index (χ1) is 5.52. The van der Waals surface area contributed by atoms with Crippen molar-refractivity contribution in [3.8, 4) is 0 Å². The van der Waals surface area contributed by atoms with Crippen LogP contribution in [0.5, 0.6) is 0 Å². The molecule has 0 spiro atoms. The van der Waals surface area contributed by atoms with Crippen molar-refractivity contribution in [2.45, 2.75) is 0 Å². The fraction of sp³-hybridized carbons (Fsp3) is 0. The fourth-order valence-corrected chi connectivity index (χ4v) is 0.507. The van der Waals surface area contributed by atoms with Crippen LogP contribution in [-0.2, 0) is 4.57 Å². The molecule has 0 unspecified atom stereocenters. The second-order valence-corrected chi connectivity index (χ2v) is 2.31. The van der Waals surface area contributed by atoms with Crippen molar-refractivity contribution in [2.24, 2.45) is 0 Å². The number of halogens is 1. The van der Waals surface area contributed by atoms with Crippen molar-refractivity contribution in [3.05, 3.63) is 30.1 Å². The first-order valence-electron chi connectivity index (χ1n) is 2.88. The zero-order valence-electron chi connectivity index (χ0n) is 6.01. The minimum absolute atomic E-state index is 0.287. The first kappa shape index (κ1) is 11.0. The highest BCUT2D eigenvalue weighted by atomic mass is 31.1. The van der Waals surface area contributed by atoms with Gasteiger partial charge in [0.2, 0.25) is 0 Å². The molecular formula is C6H8FNO3P+. The molecule has 66 valence electrons. The van der Waals surface area contributed by atoms with Gasteiger partial charge in [-0.2, -0.15) is 0 Å². The van der Waals surface area contributed by atoms with Gasteiger partial charge in [-0.25, -0.2) is 4.39 Å². The van der Waals surface area contributed by atoms with Gasteiger partial charge in [0.15, 0.2) is 0 Å². The standard InChI is InChI=1S/C6H6FN.HO3P/c7-5-2-1-3-6(8)4-5;1-4(2)3/h1-4H,8H2;(H-,1,2,3)/p+1. The minimum atomic E-state index is -2.87. The minimum Gasteiger partial charge on any atom is -0.399 e. The highest BCUT2D eigenvalue weighted by Gasteiger charge is 1.93. The summed E-state index contributed by atoms with van der Waals surface area (Å²) in [4.78, 5) is 14.2. The Morgan fingerprint density at radius 3 is 2.17 bits per heavy atom. The van der Waals surface area contributed by atoms with Crippen molar-refractivity contribution in [3.63, 3.8) is 0 Å². The first-order valence-corrected chi connectivity index (χ1v) is 4.05. The third-order valence-electron chi connectivity index (χ3n) is 0.849. The molecule has 1 rings (SSSR count). The molecule has 0 saturated carbocycles. The van der Waals surface area contributed by atoms with Crippen LogP contribution < -0.4 is 5.73 Å². The maximum Gasteiger partial charge on any atom is 0.692 e. The van der Waals surface area contributed by atoms with E-state index in [-0.39, 0.29) is 5.82 Å². The lowest BCUT2D eigenvalue weighted by Crippen LogP contribution is -1.83. The molecule has 4 nitrogen and oxygen atoms in total. The fourth-order valence-electron chi connectivity index (χ4n) is 0.507. The molecule has 0 aliphatic rings. The van der Waals surface area contributed by atoms with Crippen LogP contribution in [0, 0.1) is 5.82 Å². The molecule has 0 aromatic heterocycles. The number of benzene rings is 1. The predicted molar refractivity (Wildman–Crippen MR) is 42.9 cm³/mol. The highest BCUT2D eigenvalue weighted by Crippen LogP contribution is 2.02. The van der Waals surface area contributed by atoms with Crippen LogP contribution in [0.1, 0.15) is 0 Å². The normalized spacial score (nSPS) is 8.25. The molecular weight excluding hydrogens is 184 g/mol. The van der Waals surface area contributed by atoms with Crippen molar-refractivity contribution in [1.29, 1.82) is 0 Å². The van der Waals surface area contributed by atoms with E-state index in [4.69, 9.17) is 20.1 Å². The summed E-state index contributed by atoms with van der Waals surface area (Å²) in [7, 11) is -2.87. The SMILES string of the molecule is Nc1cccc(F)c1.O=[P+](O)O. The Morgan fingerprint density at radius 1 is 1.42 bits per heavy atom. The lowest BCUT2D eigenvalue weighted by atomic mass is 10.3. The van der Waals surface area contributed by atoms with Crippen LogP contribution in [0.4, 0.5) is 10.1 Å². The van der Waals surface area contributed by atoms with Gasteiger partial charge < -0.3 is 5.73 Å². The molecule has 0 radical (unpaired) electrons. The smallest absolute Gasteiger partial charge is 0.399 e. The van der Waals surface area contributed by atoms with Crippen molar-refractivity contribution in [2.75, 3.05) is 5.73 Å². The maximum atomic E-state index is 12.1. The number of hydrogen-bond donors (Lipinski definition) is 3. The maximum absolute atomic E-state index is 12.1. The number of hydrogen-bond acceptors (Lipinski definition) is 2. The summed E-state index contributed by atoms with van der Waals surface area (Å²) in [5.74, 6) is -0.287. The Morgan fingerprint density at radius 2 is 1.92 bits per heavy atom. The van der Waals surface area contributed by atoms with Gasteiger partial charge >= 0.3 is 8.25 Å². The zero-order valence-corrected chi connectivity index (χ0v) is 6.91. The summed E-state index contributed by atoms with van der Waals surface area (Å²) in [5.41, 5.74) is 5.68. The van der Waals surface area contributed by atoms with E-state index in [1.807, 2.05) is 0 Å². The molecule has 0 atom stereocenters. The monoisotopic (exact) mass is 192 g/mol.